The second-order valence-corrected chi connectivity index (χ2v) is 8.27. The first kappa shape index (κ1) is 15.0. The number of carbonyl (C=O) groups is 1. The molecule has 0 radical (unpaired) electrons. The highest BCUT2D eigenvalue weighted by molar-refractivity contribution is 5.75. The van der Waals surface area contributed by atoms with E-state index in [1.165, 1.54) is 43.2 Å². The lowest BCUT2D eigenvalue weighted by atomic mass is 9.43. The van der Waals surface area contributed by atoms with Crippen LogP contribution in [0.25, 0.3) is 0 Å². The first-order valence-electron chi connectivity index (χ1n) is 8.94. The van der Waals surface area contributed by atoms with Gasteiger partial charge in [-0.2, -0.15) is 0 Å². The normalized spacial score (nSPS) is 37.8. The van der Waals surface area contributed by atoms with E-state index in [2.05, 4.69) is 19.1 Å². The van der Waals surface area contributed by atoms with Gasteiger partial charge in [0.05, 0.1) is 7.11 Å². The number of nitrogens with two attached hydrogens (primary N) is 1. The Kier molecular flexibility index (Phi) is 3.44. The number of rotatable bonds is 4. The van der Waals surface area contributed by atoms with Crippen molar-refractivity contribution in [1.82, 2.24) is 0 Å². The summed E-state index contributed by atoms with van der Waals surface area (Å²) in [5, 5.41) is 0. The van der Waals surface area contributed by atoms with E-state index in [1.54, 1.807) is 7.11 Å². The predicted octanol–water partition coefficient (Wildman–Crippen LogP) is 3.79. The molecule has 4 saturated carbocycles. The molecule has 2 N–H and O–H groups in total. The molecule has 4 aliphatic carbocycles. The number of ether oxygens (including phenoxy) is 1. The van der Waals surface area contributed by atoms with E-state index in [4.69, 9.17) is 10.5 Å². The van der Waals surface area contributed by atoms with Crippen molar-refractivity contribution in [2.45, 2.75) is 51.4 Å². The number of methoxy groups -OCH3 is 1. The van der Waals surface area contributed by atoms with E-state index in [0.29, 0.717) is 18.3 Å². The van der Waals surface area contributed by atoms with E-state index in [-0.39, 0.29) is 11.3 Å². The van der Waals surface area contributed by atoms with Gasteiger partial charge in [-0.15, -0.1) is 0 Å². The monoisotopic (exact) mass is 313 g/mol. The summed E-state index contributed by atoms with van der Waals surface area (Å²) in [6, 6.07) is 6.40. The molecule has 3 heteroatoms. The first-order valence-corrected chi connectivity index (χ1v) is 8.94. The fourth-order valence-electron chi connectivity index (χ4n) is 6.58. The Balaban J connectivity index is 1.81. The van der Waals surface area contributed by atoms with Gasteiger partial charge in [-0.3, -0.25) is 4.79 Å². The summed E-state index contributed by atoms with van der Waals surface area (Å²) in [7, 11) is 1.74. The Hall–Kier alpha value is -1.51. The molecule has 0 aromatic heterocycles. The third kappa shape index (κ3) is 2.28. The molecule has 23 heavy (non-hydrogen) atoms. The van der Waals surface area contributed by atoms with Crippen molar-refractivity contribution in [3.63, 3.8) is 0 Å². The summed E-state index contributed by atoms with van der Waals surface area (Å²) in [6.07, 6.45) is 6.96. The fraction of sp³-hybridized carbons (Fsp3) is 0.650. The molecule has 4 bridgehead atoms. The Labute approximate surface area is 138 Å². The van der Waals surface area contributed by atoms with E-state index in [1.807, 2.05) is 6.07 Å². The van der Waals surface area contributed by atoms with Crippen LogP contribution in [0, 0.1) is 30.1 Å². The minimum atomic E-state index is -0.127. The van der Waals surface area contributed by atoms with Crippen molar-refractivity contribution in [2.24, 2.45) is 28.9 Å². The number of primary amides is 1. The summed E-state index contributed by atoms with van der Waals surface area (Å²) < 4.78 is 5.55. The molecule has 0 aliphatic heterocycles. The molecule has 0 heterocycles. The second-order valence-electron chi connectivity index (χ2n) is 8.27. The van der Waals surface area contributed by atoms with Crippen LogP contribution in [-0.4, -0.2) is 13.0 Å². The zero-order valence-corrected chi connectivity index (χ0v) is 14.2. The third-order valence-corrected chi connectivity index (χ3v) is 6.87. The molecule has 0 spiro atoms. The number of amides is 1. The number of hydrogen-bond donors (Lipinski definition) is 1. The molecule has 0 saturated heterocycles. The first-order chi connectivity index (χ1) is 11.0. The quantitative estimate of drug-likeness (QED) is 0.919. The van der Waals surface area contributed by atoms with Crippen molar-refractivity contribution in [3.05, 3.63) is 29.3 Å². The fourth-order valence-corrected chi connectivity index (χ4v) is 6.58. The standard InChI is InChI=1S/C20H27NO2/c1-12-16(4-3-5-17(12)23-2)19-15-7-13-6-14(8-15)10-20(19,9-13)11-18(21)22/h3-5,13-15,19H,6-11H2,1-2H3,(H2,21,22). The number of hydrogen-bond acceptors (Lipinski definition) is 2. The van der Waals surface area contributed by atoms with E-state index in [0.717, 1.165) is 17.6 Å². The van der Waals surface area contributed by atoms with Crippen LogP contribution in [0.15, 0.2) is 18.2 Å². The van der Waals surface area contributed by atoms with Crippen LogP contribution in [-0.2, 0) is 4.79 Å². The smallest absolute Gasteiger partial charge is 0.217 e. The van der Waals surface area contributed by atoms with Gasteiger partial charge in [-0.1, -0.05) is 12.1 Å². The second kappa shape index (κ2) is 5.25. The zero-order chi connectivity index (χ0) is 16.2. The highest BCUT2D eigenvalue weighted by Gasteiger charge is 2.57. The lowest BCUT2D eigenvalue weighted by Gasteiger charge is -2.61. The minimum absolute atomic E-state index is 0.0949. The minimum Gasteiger partial charge on any atom is -0.496 e. The van der Waals surface area contributed by atoms with Crippen LogP contribution in [0.1, 0.15) is 55.6 Å². The molecule has 1 aromatic rings. The highest BCUT2D eigenvalue weighted by atomic mass is 16.5. The lowest BCUT2D eigenvalue weighted by molar-refractivity contribution is -0.129. The van der Waals surface area contributed by atoms with Crippen LogP contribution in [0.5, 0.6) is 5.75 Å². The Bertz CT molecular complexity index is 625. The average molecular weight is 313 g/mol. The van der Waals surface area contributed by atoms with Crippen LogP contribution >= 0.6 is 0 Å². The molecular formula is C20H27NO2. The molecule has 3 atom stereocenters. The molecule has 1 amide bonds. The third-order valence-electron chi connectivity index (χ3n) is 6.87. The summed E-state index contributed by atoms with van der Waals surface area (Å²) >= 11 is 0. The van der Waals surface area contributed by atoms with Crippen molar-refractivity contribution in [3.8, 4) is 5.75 Å². The van der Waals surface area contributed by atoms with E-state index >= 15 is 0 Å². The largest absolute Gasteiger partial charge is 0.496 e. The molecule has 124 valence electrons. The number of carbonyl (C=O) groups excluding carboxylic acids is 1. The highest BCUT2D eigenvalue weighted by Crippen LogP contribution is 2.67. The van der Waals surface area contributed by atoms with Crippen LogP contribution in [0.4, 0.5) is 0 Å². The van der Waals surface area contributed by atoms with Crippen LogP contribution in [0.2, 0.25) is 0 Å². The van der Waals surface area contributed by atoms with Crippen molar-refractivity contribution < 1.29 is 9.53 Å². The van der Waals surface area contributed by atoms with Gasteiger partial charge < -0.3 is 10.5 Å². The summed E-state index contributed by atoms with van der Waals surface area (Å²) in [6.45, 7) is 2.16. The number of benzene rings is 1. The average Bonchev–Trinajstić information content (AvgIpc) is 2.46. The van der Waals surface area contributed by atoms with Crippen molar-refractivity contribution >= 4 is 5.91 Å². The maximum Gasteiger partial charge on any atom is 0.217 e. The molecule has 4 aliphatic rings. The Morgan fingerprint density at radius 1 is 1.26 bits per heavy atom. The van der Waals surface area contributed by atoms with E-state index < -0.39 is 0 Å². The summed E-state index contributed by atoms with van der Waals surface area (Å²) in [4.78, 5) is 11.9. The van der Waals surface area contributed by atoms with Crippen LogP contribution in [0.3, 0.4) is 0 Å². The maximum absolute atomic E-state index is 11.9. The molecule has 3 nitrogen and oxygen atoms in total. The van der Waals surface area contributed by atoms with Gasteiger partial charge in [0.1, 0.15) is 5.75 Å². The Morgan fingerprint density at radius 2 is 1.96 bits per heavy atom. The summed E-state index contributed by atoms with van der Waals surface area (Å²) in [5.41, 5.74) is 8.42. The molecule has 4 fully saturated rings. The van der Waals surface area contributed by atoms with Crippen LogP contribution < -0.4 is 10.5 Å². The summed E-state index contributed by atoms with van der Waals surface area (Å²) in [5.74, 6) is 3.65. The van der Waals surface area contributed by atoms with Gasteiger partial charge in [-0.25, -0.2) is 0 Å². The van der Waals surface area contributed by atoms with Gasteiger partial charge in [0.25, 0.3) is 0 Å². The SMILES string of the molecule is COc1cccc(C2C3CC4CC(C3)CC2(CC(N)=O)C4)c1C. The Morgan fingerprint density at radius 3 is 2.57 bits per heavy atom. The van der Waals surface area contributed by atoms with Gasteiger partial charge >= 0.3 is 0 Å². The maximum atomic E-state index is 11.9. The van der Waals surface area contributed by atoms with Crippen molar-refractivity contribution in [2.75, 3.05) is 7.11 Å². The molecule has 3 unspecified atom stereocenters. The van der Waals surface area contributed by atoms with Crippen molar-refractivity contribution in [1.29, 1.82) is 0 Å². The molecule has 1 aromatic carbocycles. The topological polar surface area (TPSA) is 52.3 Å². The van der Waals surface area contributed by atoms with Gasteiger partial charge in [0.2, 0.25) is 5.91 Å². The predicted molar refractivity (Wildman–Crippen MR) is 90.3 cm³/mol. The zero-order valence-electron chi connectivity index (χ0n) is 14.2. The molecular weight excluding hydrogens is 286 g/mol. The molecule has 5 rings (SSSR count). The van der Waals surface area contributed by atoms with Gasteiger partial charge in [0, 0.05) is 6.42 Å². The van der Waals surface area contributed by atoms with Gasteiger partial charge in [0.15, 0.2) is 0 Å². The lowest BCUT2D eigenvalue weighted by Crippen LogP contribution is -2.52. The van der Waals surface area contributed by atoms with Gasteiger partial charge in [-0.05, 0) is 85.3 Å². The van der Waals surface area contributed by atoms with E-state index in [9.17, 15) is 4.79 Å².